The summed E-state index contributed by atoms with van der Waals surface area (Å²) in [7, 11) is 0. The summed E-state index contributed by atoms with van der Waals surface area (Å²) in [6, 6.07) is -12.8. The zero-order valence-corrected chi connectivity index (χ0v) is 50.7. The van der Waals surface area contributed by atoms with Crippen LogP contribution >= 0.6 is 0 Å². The molecule has 3 aliphatic rings. The van der Waals surface area contributed by atoms with E-state index in [0.717, 1.165) is 6.92 Å². The molecule has 0 aromatic carbocycles. The van der Waals surface area contributed by atoms with E-state index in [1.807, 2.05) is 0 Å². The van der Waals surface area contributed by atoms with Crippen LogP contribution in [0.4, 0.5) is 0 Å². The molecule has 85 heavy (non-hydrogen) atoms. The Hall–Kier alpha value is -5.74. The van der Waals surface area contributed by atoms with Gasteiger partial charge >= 0.3 is 5.97 Å². The number of aliphatic hydroxyl groups is 6. The number of hydrogen-bond acceptors (Lipinski definition) is 21. The number of likely N-dealkylation sites (tertiary alicyclic amines) is 1. The molecule has 3 fully saturated rings. The van der Waals surface area contributed by atoms with Gasteiger partial charge in [0.1, 0.15) is 103 Å². The van der Waals surface area contributed by atoms with Crippen LogP contribution in [0.25, 0.3) is 0 Å². The summed E-state index contributed by atoms with van der Waals surface area (Å²) in [6.07, 6.45) is -15.3. The van der Waals surface area contributed by atoms with Gasteiger partial charge in [-0.2, -0.15) is 0 Å². The Morgan fingerprint density at radius 2 is 1.04 bits per heavy atom. The summed E-state index contributed by atoms with van der Waals surface area (Å²) in [5, 5.41) is 92.3. The number of aliphatic carboxylic acids is 1. The number of nitrogens with zero attached hydrogens (tertiary/aromatic N) is 1. The van der Waals surface area contributed by atoms with Crippen LogP contribution in [0.5, 0.6) is 0 Å². The van der Waals surface area contributed by atoms with Crippen molar-refractivity contribution in [1.29, 1.82) is 0 Å². The summed E-state index contributed by atoms with van der Waals surface area (Å²) in [6.45, 7) is 18.4. The van der Waals surface area contributed by atoms with Crippen LogP contribution in [0.2, 0.25) is 0 Å². The van der Waals surface area contributed by atoms with Crippen molar-refractivity contribution >= 4 is 59.1 Å². The Morgan fingerprint density at radius 1 is 0.576 bits per heavy atom. The maximum absolute atomic E-state index is 14.3. The van der Waals surface area contributed by atoms with Gasteiger partial charge in [0, 0.05) is 13.5 Å². The number of nitrogens with one attached hydrogen (secondary N) is 8. The molecule has 0 aliphatic carbocycles. The summed E-state index contributed by atoms with van der Waals surface area (Å²) in [5.41, 5.74) is 6.39. The van der Waals surface area contributed by atoms with Gasteiger partial charge in [-0.05, 0) is 64.2 Å². The Kier molecular flexibility index (Phi) is 28.9. The Balaban J connectivity index is 1.68. The first-order valence-corrected chi connectivity index (χ1v) is 28.9. The van der Waals surface area contributed by atoms with Crippen molar-refractivity contribution in [3.63, 3.8) is 0 Å². The lowest BCUT2D eigenvalue weighted by molar-refractivity contribution is -0.347. The van der Waals surface area contributed by atoms with E-state index in [1.165, 1.54) is 32.6 Å². The number of carbonyl (C=O) groups is 10. The van der Waals surface area contributed by atoms with E-state index in [4.69, 9.17) is 24.7 Å². The van der Waals surface area contributed by atoms with Crippen LogP contribution in [-0.2, 0) is 66.9 Å². The molecule has 22 atom stereocenters. The first-order valence-electron chi connectivity index (χ1n) is 28.9. The second kappa shape index (κ2) is 33.4. The van der Waals surface area contributed by atoms with Gasteiger partial charge in [-0.15, -0.1) is 0 Å². The minimum absolute atomic E-state index is 0.0876. The fourth-order valence-corrected chi connectivity index (χ4v) is 9.67. The molecule has 3 heterocycles. The molecule has 0 aromatic heterocycles. The van der Waals surface area contributed by atoms with Crippen LogP contribution < -0.4 is 48.3 Å². The highest BCUT2D eigenvalue weighted by atomic mass is 16.7. The Labute approximate surface area is 494 Å². The predicted octanol–water partition coefficient (Wildman–Crippen LogP) is -5.58. The average Bonchev–Trinajstić information content (AvgIpc) is 2.92. The number of amides is 9. The SMILES string of the molecule is CC[C@H](C)[C@H](NC(=O)[C@H](C)NC(=O)[C@H](C)NC(=O)[C@@H]1CCCN1C(=O)[C@@H](NC(=O)[C@@H](N)[C@@H](C)O[C@H]1O[C@H](CO)[C@H](O)[C@H](O[C@@H]2O[C@H](CO)[C@H](O)[C@H](O)[C@H]2O)[C@H]1NC(C)=O)C(C)C)C(=O)N[C@H](C(=O)N[C@H](C(=O)N[C@@H](C)C(=O)O)[C@@H](C)CC)C(C)C. The molecule has 0 spiro atoms. The van der Waals surface area contributed by atoms with Crippen molar-refractivity contribution in [2.75, 3.05) is 19.8 Å². The highest BCUT2D eigenvalue weighted by Gasteiger charge is 2.53. The molecule has 486 valence electrons. The van der Waals surface area contributed by atoms with Gasteiger partial charge < -0.3 is 108 Å². The third-order valence-corrected chi connectivity index (χ3v) is 15.7. The third-order valence-electron chi connectivity index (χ3n) is 15.7. The highest BCUT2D eigenvalue weighted by Crippen LogP contribution is 2.31. The monoisotopic (exact) mass is 1220 g/mol. The zero-order chi connectivity index (χ0) is 64.6. The predicted molar refractivity (Wildman–Crippen MR) is 298 cm³/mol. The molecule has 17 N–H and O–H groups in total. The maximum atomic E-state index is 14.3. The number of carboxylic acids is 1. The van der Waals surface area contributed by atoms with Gasteiger partial charge in [-0.3, -0.25) is 47.9 Å². The van der Waals surface area contributed by atoms with Gasteiger partial charge in [0.2, 0.25) is 53.2 Å². The van der Waals surface area contributed by atoms with Gasteiger partial charge in [-0.25, -0.2) is 0 Å². The molecule has 0 bridgehead atoms. The van der Waals surface area contributed by atoms with Gasteiger partial charge in [-0.1, -0.05) is 68.2 Å². The molecule has 3 rings (SSSR count). The van der Waals surface area contributed by atoms with E-state index >= 15 is 0 Å². The fraction of sp³-hybridized carbons (Fsp3) is 0.815. The summed E-state index contributed by atoms with van der Waals surface area (Å²) in [4.78, 5) is 135. The van der Waals surface area contributed by atoms with E-state index in [2.05, 4.69) is 42.5 Å². The maximum Gasteiger partial charge on any atom is 0.325 e. The van der Waals surface area contributed by atoms with Crippen LogP contribution in [0.1, 0.15) is 116 Å². The minimum atomic E-state index is -1.93. The standard InChI is InChI=1S/C54H94N10O21/c1-14-23(7)36(49(77)58-27(11)52(80)81)63-48(76)34(21(3)4)60-50(78)37(24(8)15-2)62-45(73)26(10)56-44(72)25(9)57-46(74)30-17-16-18-64(30)51(79)35(22(5)6)61-47(75)33(55)28(12)82-53-38(59-29(13)67)43(40(69)32(20-66)83-53)85-54-42(71)41(70)39(68)31(19-65)84-54/h21-28,30-43,53-54,65-66,68-71H,14-20,55H2,1-13H3,(H,56,72)(H,57,74)(H,58,77)(H,59,67)(H,60,78)(H,61,75)(H,62,73)(H,63,76)(H,80,81)/t23-,24-,25-,26-,27-,28+,30-,31+,32+,33-,34-,35-,36-,37-,38+,39-,40-,41-,42+,43+,53-,54-/m0/s1. The fourth-order valence-electron chi connectivity index (χ4n) is 9.67. The number of rotatable bonds is 30. The molecule has 3 aliphatic heterocycles. The second-order valence-electron chi connectivity index (χ2n) is 23.0. The summed E-state index contributed by atoms with van der Waals surface area (Å²) in [5.74, 6) is -10.1. The molecule has 0 unspecified atom stereocenters. The lowest BCUT2D eigenvalue weighted by atomic mass is 9.94. The topological polar surface area (TPSA) is 475 Å². The van der Waals surface area contributed by atoms with Crippen molar-refractivity contribution in [2.45, 2.75) is 238 Å². The van der Waals surface area contributed by atoms with Crippen molar-refractivity contribution < 1.29 is 103 Å². The first-order chi connectivity index (χ1) is 39.7. The Bertz CT molecular complexity index is 2300. The number of aliphatic hydroxyl groups excluding tert-OH is 6. The van der Waals surface area contributed by atoms with Gasteiger partial charge in [0.05, 0.1) is 19.3 Å². The number of carboxylic acid groups (broad SMARTS) is 1. The molecule has 0 aromatic rings. The van der Waals surface area contributed by atoms with Crippen molar-refractivity contribution in [3.8, 4) is 0 Å². The molecular formula is C54H94N10O21. The van der Waals surface area contributed by atoms with Crippen molar-refractivity contribution in [3.05, 3.63) is 0 Å². The quantitative estimate of drug-likeness (QED) is 0.0319. The molecule has 3 saturated heterocycles. The van der Waals surface area contributed by atoms with E-state index in [1.54, 1.807) is 55.4 Å². The summed E-state index contributed by atoms with van der Waals surface area (Å²) >= 11 is 0. The van der Waals surface area contributed by atoms with Crippen LogP contribution in [0.3, 0.4) is 0 Å². The smallest absolute Gasteiger partial charge is 0.325 e. The molecule has 0 radical (unpaired) electrons. The lowest BCUT2D eigenvalue weighted by Gasteiger charge is -2.48. The number of hydrogen-bond donors (Lipinski definition) is 16. The molecule has 9 amide bonds. The normalized spacial score (nSPS) is 28.1. The minimum Gasteiger partial charge on any atom is -0.480 e. The van der Waals surface area contributed by atoms with Gasteiger partial charge in [0.15, 0.2) is 12.6 Å². The molecule has 31 heteroatoms. The molecule has 31 nitrogen and oxygen atoms in total. The van der Waals surface area contributed by atoms with Crippen molar-refractivity contribution in [2.24, 2.45) is 29.4 Å². The van der Waals surface area contributed by atoms with E-state index < -0.39 is 218 Å². The van der Waals surface area contributed by atoms with E-state index in [9.17, 15) is 83.7 Å². The van der Waals surface area contributed by atoms with E-state index in [-0.39, 0.29) is 13.0 Å². The molecule has 0 saturated carbocycles. The Morgan fingerprint density at radius 3 is 1.55 bits per heavy atom. The van der Waals surface area contributed by atoms with Gasteiger partial charge in [0.25, 0.3) is 0 Å². The largest absolute Gasteiger partial charge is 0.480 e. The number of ether oxygens (including phenoxy) is 4. The second-order valence-corrected chi connectivity index (χ2v) is 23.0. The zero-order valence-electron chi connectivity index (χ0n) is 50.7. The first kappa shape index (κ1) is 73.5. The van der Waals surface area contributed by atoms with E-state index in [0.29, 0.717) is 19.3 Å². The molecular weight excluding hydrogens is 1120 g/mol. The van der Waals surface area contributed by atoms with Crippen LogP contribution in [0, 0.1) is 23.7 Å². The summed E-state index contributed by atoms with van der Waals surface area (Å²) < 4.78 is 23.1. The number of carbonyl (C=O) groups excluding carboxylic acids is 9. The third kappa shape index (κ3) is 19.6. The average molecular weight is 1220 g/mol. The van der Waals surface area contributed by atoms with Crippen LogP contribution in [0.15, 0.2) is 0 Å². The highest BCUT2D eigenvalue weighted by molar-refractivity contribution is 5.98. The van der Waals surface area contributed by atoms with Crippen molar-refractivity contribution in [1.82, 2.24) is 47.4 Å². The number of nitrogens with two attached hydrogens (primary N) is 1. The van der Waals surface area contributed by atoms with Crippen LogP contribution in [-0.4, -0.2) is 241 Å². The lowest BCUT2D eigenvalue weighted by Crippen LogP contribution is -2.68.